The minimum absolute atomic E-state index is 0.0118. The molecule has 1 unspecified atom stereocenters. The number of hydrogen-bond acceptors (Lipinski definition) is 3. The lowest BCUT2D eigenvalue weighted by molar-refractivity contribution is 0.401. The van der Waals surface area contributed by atoms with E-state index in [-0.39, 0.29) is 6.04 Å². The summed E-state index contributed by atoms with van der Waals surface area (Å²) < 4.78 is 7.53. The number of aryl methyl sites for hydroxylation is 1. The highest BCUT2D eigenvalue weighted by molar-refractivity contribution is 6.30. The van der Waals surface area contributed by atoms with Gasteiger partial charge >= 0.3 is 0 Å². The van der Waals surface area contributed by atoms with Gasteiger partial charge in [-0.2, -0.15) is 5.10 Å². The van der Waals surface area contributed by atoms with Crippen molar-refractivity contribution in [2.45, 2.75) is 32.9 Å². The summed E-state index contributed by atoms with van der Waals surface area (Å²) in [7, 11) is 1.68. The molecule has 1 aromatic carbocycles. The van der Waals surface area contributed by atoms with E-state index in [9.17, 15) is 0 Å². The number of rotatable bonds is 7. The van der Waals surface area contributed by atoms with Crippen LogP contribution >= 0.6 is 11.6 Å². The number of benzene rings is 1. The van der Waals surface area contributed by atoms with E-state index in [1.165, 1.54) is 0 Å². The van der Waals surface area contributed by atoms with Crippen LogP contribution in [0, 0.1) is 0 Å². The van der Waals surface area contributed by atoms with E-state index >= 15 is 0 Å². The van der Waals surface area contributed by atoms with Crippen LogP contribution in [0.15, 0.2) is 30.5 Å². The summed E-state index contributed by atoms with van der Waals surface area (Å²) in [5.74, 6) is 0.828. The summed E-state index contributed by atoms with van der Waals surface area (Å²) in [6.45, 7) is 5.98. The van der Waals surface area contributed by atoms with Crippen LogP contribution in [-0.4, -0.2) is 23.4 Å². The molecule has 0 saturated carbocycles. The van der Waals surface area contributed by atoms with Crippen LogP contribution < -0.4 is 10.1 Å². The van der Waals surface area contributed by atoms with Crippen LogP contribution in [0.1, 0.15) is 37.6 Å². The largest absolute Gasteiger partial charge is 0.496 e. The molecule has 0 spiro atoms. The van der Waals surface area contributed by atoms with Gasteiger partial charge < -0.3 is 10.1 Å². The number of nitrogens with zero attached hydrogens (tertiary/aromatic N) is 2. The van der Waals surface area contributed by atoms with Gasteiger partial charge in [0, 0.05) is 23.3 Å². The number of hydrogen-bond donors (Lipinski definition) is 1. The smallest absolute Gasteiger partial charge is 0.124 e. The van der Waals surface area contributed by atoms with Crippen molar-refractivity contribution < 1.29 is 4.74 Å². The Kier molecular flexibility index (Phi) is 5.65. The first-order valence-electron chi connectivity index (χ1n) is 7.29. The SMILES string of the molecule is CCCn1nccc1C(NCC)c1cc(Cl)ccc1OC. The molecule has 5 heteroatoms. The summed E-state index contributed by atoms with van der Waals surface area (Å²) in [6.07, 6.45) is 2.88. The van der Waals surface area contributed by atoms with Gasteiger partial charge in [-0.25, -0.2) is 0 Å². The first kappa shape index (κ1) is 15.9. The van der Waals surface area contributed by atoms with Gasteiger partial charge in [0.1, 0.15) is 5.75 Å². The lowest BCUT2D eigenvalue weighted by Crippen LogP contribution is -2.25. The minimum atomic E-state index is 0.0118. The Morgan fingerprint density at radius 1 is 1.33 bits per heavy atom. The maximum Gasteiger partial charge on any atom is 0.124 e. The topological polar surface area (TPSA) is 39.1 Å². The van der Waals surface area contributed by atoms with E-state index in [1.807, 2.05) is 35.1 Å². The van der Waals surface area contributed by atoms with Gasteiger partial charge in [0.15, 0.2) is 0 Å². The lowest BCUT2D eigenvalue weighted by atomic mass is 10.0. The Morgan fingerprint density at radius 3 is 2.81 bits per heavy atom. The van der Waals surface area contributed by atoms with Crippen LogP contribution in [0.2, 0.25) is 5.02 Å². The zero-order valence-corrected chi connectivity index (χ0v) is 13.5. The Balaban J connectivity index is 2.47. The normalized spacial score (nSPS) is 12.4. The Hall–Kier alpha value is -1.52. The fraction of sp³-hybridized carbons (Fsp3) is 0.438. The van der Waals surface area contributed by atoms with Gasteiger partial charge in [-0.05, 0) is 37.2 Å². The first-order chi connectivity index (χ1) is 10.2. The summed E-state index contributed by atoms with van der Waals surface area (Å²) in [4.78, 5) is 0. The van der Waals surface area contributed by atoms with E-state index < -0.39 is 0 Å². The van der Waals surface area contributed by atoms with Gasteiger partial charge in [-0.1, -0.05) is 25.4 Å². The predicted octanol–water partition coefficient (Wildman–Crippen LogP) is 3.65. The van der Waals surface area contributed by atoms with Crippen molar-refractivity contribution in [3.8, 4) is 5.75 Å². The van der Waals surface area contributed by atoms with Gasteiger partial charge in [-0.3, -0.25) is 4.68 Å². The zero-order chi connectivity index (χ0) is 15.2. The number of aromatic nitrogens is 2. The second-order valence-electron chi connectivity index (χ2n) is 4.86. The van der Waals surface area contributed by atoms with E-state index in [1.54, 1.807) is 7.11 Å². The average molecular weight is 308 g/mol. The van der Waals surface area contributed by atoms with Gasteiger partial charge in [-0.15, -0.1) is 0 Å². The van der Waals surface area contributed by atoms with Crippen LogP contribution in [-0.2, 0) is 6.54 Å². The number of methoxy groups -OCH3 is 1. The minimum Gasteiger partial charge on any atom is -0.496 e. The Morgan fingerprint density at radius 2 is 2.14 bits per heavy atom. The molecule has 1 atom stereocenters. The summed E-state index contributed by atoms with van der Waals surface area (Å²) in [5.41, 5.74) is 2.16. The molecule has 1 heterocycles. The summed E-state index contributed by atoms with van der Waals surface area (Å²) >= 11 is 6.17. The number of halogens is 1. The zero-order valence-electron chi connectivity index (χ0n) is 12.8. The highest BCUT2D eigenvalue weighted by Gasteiger charge is 2.21. The molecule has 2 rings (SSSR count). The molecule has 2 aromatic rings. The molecule has 0 aliphatic rings. The van der Waals surface area contributed by atoms with Crippen molar-refractivity contribution >= 4 is 11.6 Å². The van der Waals surface area contributed by atoms with Crippen molar-refractivity contribution in [3.05, 3.63) is 46.7 Å². The number of ether oxygens (including phenoxy) is 1. The molecule has 1 N–H and O–H groups in total. The molecular weight excluding hydrogens is 286 g/mol. The highest BCUT2D eigenvalue weighted by atomic mass is 35.5. The molecule has 0 radical (unpaired) electrons. The molecule has 0 aliphatic carbocycles. The predicted molar refractivity (Wildman–Crippen MR) is 86.0 cm³/mol. The maximum atomic E-state index is 6.17. The van der Waals surface area contributed by atoms with Crippen molar-refractivity contribution in [1.82, 2.24) is 15.1 Å². The quantitative estimate of drug-likeness (QED) is 0.848. The fourth-order valence-electron chi connectivity index (χ4n) is 2.50. The van der Waals surface area contributed by atoms with Gasteiger partial charge in [0.25, 0.3) is 0 Å². The van der Waals surface area contributed by atoms with E-state index in [2.05, 4.69) is 24.3 Å². The van der Waals surface area contributed by atoms with Gasteiger partial charge in [0.2, 0.25) is 0 Å². The van der Waals surface area contributed by atoms with Crippen molar-refractivity contribution in [2.24, 2.45) is 0 Å². The molecule has 114 valence electrons. The molecule has 0 bridgehead atoms. The van der Waals surface area contributed by atoms with Crippen LogP contribution in [0.25, 0.3) is 0 Å². The summed E-state index contributed by atoms with van der Waals surface area (Å²) in [5, 5.41) is 8.62. The standard InChI is InChI=1S/C16H22ClN3O/c1-4-10-20-14(8-9-19-20)16(18-5-2)13-11-12(17)6-7-15(13)21-3/h6-9,11,16,18H,4-5,10H2,1-3H3. The van der Waals surface area contributed by atoms with Crippen LogP contribution in [0.5, 0.6) is 5.75 Å². The molecular formula is C16H22ClN3O. The molecule has 0 fully saturated rings. The number of nitrogens with one attached hydrogen (secondary N) is 1. The van der Waals surface area contributed by atoms with Crippen molar-refractivity contribution in [3.63, 3.8) is 0 Å². The molecule has 0 amide bonds. The highest BCUT2D eigenvalue weighted by Crippen LogP contribution is 2.32. The average Bonchev–Trinajstić information content (AvgIpc) is 2.93. The fourth-order valence-corrected chi connectivity index (χ4v) is 2.68. The van der Waals surface area contributed by atoms with Crippen LogP contribution in [0.4, 0.5) is 0 Å². The molecule has 21 heavy (non-hydrogen) atoms. The molecule has 1 aromatic heterocycles. The van der Waals surface area contributed by atoms with Crippen molar-refractivity contribution in [1.29, 1.82) is 0 Å². The van der Waals surface area contributed by atoms with E-state index in [0.29, 0.717) is 5.02 Å². The monoisotopic (exact) mass is 307 g/mol. The second kappa shape index (κ2) is 7.48. The molecule has 0 saturated heterocycles. The maximum absolute atomic E-state index is 6.17. The van der Waals surface area contributed by atoms with E-state index in [0.717, 1.165) is 36.5 Å². The second-order valence-corrected chi connectivity index (χ2v) is 5.29. The van der Waals surface area contributed by atoms with Crippen molar-refractivity contribution in [2.75, 3.05) is 13.7 Å². The van der Waals surface area contributed by atoms with E-state index in [4.69, 9.17) is 16.3 Å². The molecule has 4 nitrogen and oxygen atoms in total. The third-order valence-corrected chi connectivity index (χ3v) is 3.63. The Labute approximate surface area is 131 Å². The third kappa shape index (κ3) is 3.57. The van der Waals surface area contributed by atoms with Gasteiger partial charge in [0.05, 0.1) is 18.8 Å². The molecule has 0 aliphatic heterocycles. The third-order valence-electron chi connectivity index (χ3n) is 3.39. The lowest BCUT2D eigenvalue weighted by Gasteiger charge is -2.22. The Bertz CT molecular complexity index is 583. The first-order valence-corrected chi connectivity index (χ1v) is 7.67. The van der Waals surface area contributed by atoms with Crippen LogP contribution in [0.3, 0.4) is 0 Å². The summed E-state index contributed by atoms with van der Waals surface area (Å²) in [6, 6.07) is 7.76.